The number of rotatable bonds is 3. The third-order valence-electron chi connectivity index (χ3n) is 1.51. The topological polar surface area (TPSA) is 44.1 Å². The molecule has 0 aliphatic carbocycles. The molecule has 1 atom stereocenters. The second-order valence-corrected chi connectivity index (χ2v) is 2.86. The Balaban J connectivity index is 3.56. The van der Waals surface area contributed by atoms with Crippen molar-refractivity contribution in [1.82, 2.24) is 4.90 Å². The van der Waals surface area contributed by atoms with E-state index in [0.717, 1.165) is 0 Å². The smallest absolute Gasteiger partial charge is 0.222 e. The Morgan fingerprint density at radius 2 is 2.18 bits per heavy atom. The van der Waals surface area contributed by atoms with Gasteiger partial charge in [0.15, 0.2) is 0 Å². The fourth-order valence-corrected chi connectivity index (χ4v) is 0.628. The van der Waals surface area contributed by atoms with E-state index in [1.165, 1.54) is 0 Å². The van der Waals surface area contributed by atoms with Crippen LogP contribution in [0.3, 0.4) is 0 Å². The van der Waals surface area contributed by atoms with Gasteiger partial charge < -0.3 is 4.90 Å². The number of hydrogen-bond donors (Lipinski definition) is 0. The second-order valence-electron chi connectivity index (χ2n) is 2.86. The summed E-state index contributed by atoms with van der Waals surface area (Å²) in [5, 5.41) is 8.41. The van der Waals surface area contributed by atoms with Gasteiger partial charge in [0.05, 0.1) is 6.07 Å². The molecule has 3 heteroatoms. The van der Waals surface area contributed by atoms with Gasteiger partial charge in [-0.2, -0.15) is 5.26 Å². The predicted octanol–water partition coefficient (Wildman–Crippen LogP) is 1.01. The van der Waals surface area contributed by atoms with Crippen molar-refractivity contribution in [3.05, 3.63) is 0 Å². The van der Waals surface area contributed by atoms with Crippen molar-refractivity contribution < 1.29 is 4.79 Å². The Morgan fingerprint density at radius 3 is 2.55 bits per heavy atom. The lowest BCUT2D eigenvalue weighted by Gasteiger charge is -2.09. The first-order chi connectivity index (χ1) is 5.07. The van der Waals surface area contributed by atoms with Crippen molar-refractivity contribution in [2.45, 2.75) is 19.8 Å². The molecule has 11 heavy (non-hydrogen) atoms. The van der Waals surface area contributed by atoms with E-state index in [0.29, 0.717) is 12.8 Å². The highest BCUT2D eigenvalue weighted by Gasteiger charge is 2.06. The molecule has 0 aromatic carbocycles. The van der Waals surface area contributed by atoms with E-state index in [9.17, 15) is 4.79 Å². The van der Waals surface area contributed by atoms with Crippen molar-refractivity contribution >= 4 is 5.91 Å². The predicted molar refractivity (Wildman–Crippen MR) is 42.7 cm³/mol. The highest BCUT2D eigenvalue weighted by molar-refractivity contribution is 5.75. The molecule has 1 amide bonds. The van der Waals surface area contributed by atoms with Gasteiger partial charge in [-0.3, -0.25) is 4.79 Å². The van der Waals surface area contributed by atoms with Gasteiger partial charge in [-0.15, -0.1) is 0 Å². The molecule has 0 aromatic heterocycles. The number of hydrogen-bond acceptors (Lipinski definition) is 2. The van der Waals surface area contributed by atoms with Gasteiger partial charge in [-0.1, -0.05) is 0 Å². The fraction of sp³-hybridized carbons (Fsp3) is 0.750. The molecule has 3 nitrogen and oxygen atoms in total. The van der Waals surface area contributed by atoms with Gasteiger partial charge in [0, 0.05) is 26.4 Å². The van der Waals surface area contributed by atoms with Crippen LogP contribution >= 0.6 is 0 Å². The first-order valence-electron chi connectivity index (χ1n) is 3.67. The molecule has 62 valence electrons. The maximum atomic E-state index is 11.0. The van der Waals surface area contributed by atoms with Gasteiger partial charge in [0.2, 0.25) is 5.91 Å². The molecular weight excluding hydrogens is 140 g/mol. The Labute approximate surface area is 67.6 Å². The van der Waals surface area contributed by atoms with Crippen molar-refractivity contribution in [3.63, 3.8) is 0 Å². The van der Waals surface area contributed by atoms with Crippen molar-refractivity contribution in [2.24, 2.45) is 5.92 Å². The Morgan fingerprint density at radius 1 is 1.64 bits per heavy atom. The highest BCUT2D eigenvalue weighted by atomic mass is 16.2. The number of amides is 1. The summed E-state index contributed by atoms with van der Waals surface area (Å²) in [4.78, 5) is 12.5. The van der Waals surface area contributed by atoms with Crippen LogP contribution in [0.4, 0.5) is 0 Å². The quantitative estimate of drug-likeness (QED) is 0.609. The zero-order valence-electron chi connectivity index (χ0n) is 7.29. The molecule has 0 saturated carbocycles. The van der Waals surface area contributed by atoms with E-state index in [1.54, 1.807) is 19.0 Å². The van der Waals surface area contributed by atoms with E-state index < -0.39 is 0 Å². The van der Waals surface area contributed by atoms with Crippen molar-refractivity contribution in [2.75, 3.05) is 14.1 Å². The van der Waals surface area contributed by atoms with Crippen LogP contribution in [0.25, 0.3) is 0 Å². The first-order valence-corrected chi connectivity index (χ1v) is 3.67. The number of nitriles is 1. The summed E-state index contributed by atoms with van der Waals surface area (Å²) >= 11 is 0. The molecule has 0 heterocycles. The SMILES string of the molecule is CC(C#N)CCC(=O)N(C)C. The minimum atomic E-state index is -0.0149. The van der Waals surface area contributed by atoms with Crippen LogP contribution in [0.2, 0.25) is 0 Å². The molecule has 0 saturated heterocycles. The van der Waals surface area contributed by atoms with E-state index >= 15 is 0 Å². The molecule has 0 fully saturated rings. The standard InChI is InChI=1S/C8H14N2O/c1-7(6-9)4-5-8(11)10(2)3/h7H,4-5H2,1-3H3. The minimum Gasteiger partial charge on any atom is -0.349 e. The second kappa shape index (κ2) is 4.73. The molecule has 0 spiro atoms. The maximum absolute atomic E-state index is 11.0. The zero-order valence-corrected chi connectivity index (χ0v) is 7.29. The van der Waals surface area contributed by atoms with Gasteiger partial charge in [-0.25, -0.2) is 0 Å². The van der Waals surface area contributed by atoms with Crippen LogP contribution in [0.15, 0.2) is 0 Å². The first kappa shape index (κ1) is 9.96. The molecule has 0 bridgehead atoms. The average molecular weight is 154 g/mol. The van der Waals surface area contributed by atoms with E-state index in [-0.39, 0.29) is 11.8 Å². The molecule has 0 N–H and O–H groups in total. The number of carbonyl (C=O) groups excluding carboxylic acids is 1. The molecule has 0 radical (unpaired) electrons. The molecule has 0 aromatic rings. The Bertz CT molecular complexity index is 169. The molecular formula is C8H14N2O. The molecule has 0 aliphatic rings. The van der Waals surface area contributed by atoms with Crippen LogP contribution in [0.1, 0.15) is 19.8 Å². The monoisotopic (exact) mass is 154 g/mol. The largest absolute Gasteiger partial charge is 0.349 e. The number of carbonyl (C=O) groups is 1. The lowest BCUT2D eigenvalue weighted by Crippen LogP contribution is -2.21. The van der Waals surface area contributed by atoms with Gasteiger partial charge in [-0.05, 0) is 13.3 Å². The van der Waals surface area contributed by atoms with Crippen molar-refractivity contribution in [3.8, 4) is 6.07 Å². The fourth-order valence-electron chi connectivity index (χ4n) is 0.628. The lowest BCUT2D eigenvalue weighted by atomic mass is 10.1. The van der Waals surface area contributed by atoms with Gasteiger partial charge in [0.1, 0.15) is 0 Å². The molecule has 0 rings (SSSR count). The summed E-state index contributed by atoms with van der Waals surface area (Å²) in [5.41, 5.74) is 0. The van der Waals surface area contributed by atoms with Gasteiger partial charge in [0.25, 0.3) is 0 Å². The third kappa shape index (κ3) is 4.38. The summed E-state index contributed by atoms with van der Waals surface area (Å²) in [6.45, 7) is 1.82. The van der Waals surface area contributed by atoms with Gasteiger partial charge >= 0.3 is 0 Å². The average Bonchev–Trinajstić information content (AvgIpc) is 1.99. The van der Waals surface area contributed by atoms with E-state index in [4.69, 9.17) is 5.26 Å². The van der Waals surface area contributed by atoms with Crippen LogP contribution in [0.5, 0.6) is 0 Å². The van der Waals surface area contributed by atoms with Crippen molar-refractivity contribution in [1.29, 1.82) is 5.26 Å². The Kier molecular flexibility index (Phi) is 4.28. The summed E-state index contributed by atoms with van der Waals surface area (Å²) < 4.78 is 0. The van der Waals surface area contributed by atoms with Crippen LogP contribution in [-0.4, -0.2) is 24.9 Å². The third-order valence-corrected chi connectivity index (χ3v) is 1.51. The summed E-state index contributed by atoms with van der Waals surface area (Å²) in [7, 11) is 3.44. The minimum absolute atomic E-state index is 0.0149. The van der Waals surface area contributed by atoms with Crippen LogP contribution in [-0.2, 0) is 4.79 Å². The molecule has 1 unspecified atom stereocenters. The summed E-state index contributed by atoms with van der Waals surface area (Å²) in [6.07, 6.45) is 1.13. The van der Waals surface area contributed by atoms with E-state index in [2.05, 4.69) is 6.07 Å². The normalized spacial score (nSPS) is 11.8. The van der Waals surface area contributed by atoms with Crippen LogP contribution in [0, 0.1) is 17.2 Å². The zero-order chi connectivity index (χ0) is 8.85. The summed E-state index contributed by atoms with van der Waals surface area (Å²) in [5.74, 6) is 0.0750. The number of nitrogens with zero attached hydrogens (tertiary/aromatic N) is 2. The summed E-state index contributed by atoms with van der Waals surface area (Å²) in [6, 6.07) is 2.09. The highest BCUT2D eigenvalue weighted by Crippen LogP contribution is 2.04. The molecule has 0 aliphatic heterocycles. The lowest BCUT2D eigenvalue weighted by molar-refractivity contribution is -0.128. The van der Waals surface area contributed by atoms with E-state index in [1.807, 2.05) is 6.92 Å². The maximum Gasteiger partial charge on any atom is 0.222 e. The van der Waals surface area contributed by atoms with Crippen LogP contribution < -0.4 is 0 Å². The Hall–Kier alpha value is -1.04.